The molecule has 2 aliphatic rings. The number of aromatic nitrogens is 2. The number of halogens is 1. The topological polar surface area (TPSA) is 86.8 Å². The summed E-state index contributed by atoms with van der Waals surface area (Å²) in [5.41, 5.74) is 1.31. The first-order chi connectivity index (χ1) is 15.2. The van der Waals surface area contributed by atoms with E-state index < -0.39 is 0 Å². The van der Waals surface area contributed by atoms with Crippen LogP contribution in [0.3, 0.4) is 0 Å². The average Bonchev–Trinajstić information content (AvgIpc) is 3.26. The second kappa shape index (κ2) is 8.64. The van der Waals surface area contributed by atoms with Crippen molar-refractivity contribution in [2.24, 2.45) is 0 Å². The normalized spacial score (nSPS) is 15.8. The van der Waals surface area contributed by atoms with Gasteiger partial charge in [0.1, 0.15) is 35.4 Å². The zero-order chi connectivity index (χ0) is 21.2. The van der Waals surface area contributed by atoms with Gasteiger partial charge in [0.25, 0.3) is 0 Å². The number of fused-ring (bicyclic) bond motifs is 2. The van der Waals surface area contributed by atoms with E-state index in [4.69, 9.17) is 30.5 Å². The maximum Gasteiger partial charge on any atom is 0.231 e. The lowest BCUT2D eigenvalue weighted by Gasteiger charge is -2.25. The summed E-state index contributed by atoms with van der Waals surface area (Å²) in [4.78, 5) is 8.95. The number of ether oxygens (including phenoxy) is 4. The van der Waals surface area contributed by atoms with Crippen LogP contribution in [0.4, 0.5) is 11.5 Å². The van der Waals surface area contributed by atoms with Crippen LogP contribution >= 0.6 is 11.6 Å². The Morgan fingerprint density at radius 2 is 2.06 bits per heavy atom. The monoisotopic (exact) mass is 442 g/mol. The first-order valence-corrected chi connectivity index (χ1v) is 10.7. The summed E-state index contributed by atoms with van der Waals surface area (Å²) in [7, 11) is 0. The van der Waals surface area contributed by atoms with Crippen LogP contribution < -0.4 is 29.6 Å². The molecule has 2 N–H and O–H groups in total. The standard InChI is InChI=1S/C22H23ClN4O4/c1-2-28-14-9-16-19(18(10-14)31-13-5-7-24-8-6-13)22(26-11-25-16)27-20-15(23)3-4-17-21(20)30-12-29-17/h3-4,9-11,13,24H,2,5-8,12H2,1H3,(H,25,26,27). The Hall–Kier alpha value is -2.97. The molecule has 0 amide bonds. The van der Waals surface area contributed by atoms with E-state index in [9.17, 15) is 0 Å². The molecule has 3 aromatic rings. The minimum Gasteiger partial charge on any atom is -0.494 e. The second-order valence-corrected chi connectivity index (χ2v) is 7.73. The third kappa shape index (κ3) is 4.00. The smallest absolute Gasteiger partial charge is 0.231 e. The number of hydrogen-bond donors (Lipinski definition) is 2. The Balaban J connectivity index is 1.59. The van der Waals surface area contributed by atoms with Gasteiger partial charge in [-0.15, -0.1) is 0 Å². The number of nitrogens with zero attached hydrogens (tertiary/aromatic N) is 2. The second-order valence-electron chi connectivity index (χ2n) is 7.32. The van der Waals surface area contributed by atoms with Gasteiger partial charge < -0.3 is 29.6 Å². The molecule has 0 atom stereocenters. The first-order valence-electron chi connectivity index (χ1n) is 10.4. The van der Waals surface area contributed by atoms with E-state index in [-0.39, 0.29) is 12.9 Å². The van der Waals surface area contributed by atoms with Gasteiger partial charge in [-0.1, -0.05) is 11.6 Å². The Morgan fingerprint density at radius 1 is 1.19 bits per heavy atom. The number of rotatable bonds is 6. The van der Waals surface area contributed by atoms with Crippen molar-refractivity contribution in [1.82, 2.24) is 15.3 Å². The van der Waals surface area contributed by atoms with Crippen LogP contribution in [0, 0.1) is 0 Å². The molecule has 3 heterocycles. The quantitative estimate of drug-likeness (QED) is 0.584. The van der Waals surface area contributed by atoms with Crippen molar-refractivity contribution in [2.75, 3.05) is 31.8 Å². The number of benzene rings is 2. The molecule has 8 nitrogen and oxygen atoms in total. The third-order valence-corrected chi connectivity index (χ3v) is 5.61. The molecule has 0 saturated carbocycles. The van der Waals surface area contributed by atoms with Crippen molar-refractivity contribution < 1.29 is 18.9 Å². The van der Waals surface area contributed by atoms with Gasteiger partial charge in [-0.2, -0.15) is 0 Å². The maximum atomic E-state index is 6.47. The number of nitrogens with one attached hydrogen (secondary N) is 2. The van der Waals surface area contributed by atoms with Crippen LogP contribution in [0.2, 0.25) is 5.02 Å². The van der Waals surface area contributed by atoms with Crippen LogP contribution in [0.15, 0.2) is 30.6 Å². The summed E-state index contributed by atoms with van der Waals surface area (Å²) >= 11 is 6.47. The fourth-order valence-corrected chi connectivity index (χ4v) is 4.04. The van der Waals surface area contributed by atoms with E-state index in [0.29, 0.717) is 51.6 Å². The summed E-state index contributed by atoms with van der Waals surface area (Å²) in [5.74, 6) is 3.15. The molecular formula is C22H23ClN4O4. The molecule has 0 bridgehead atoms. The Labute approximate surface area is 184 Å². The Kier molecular flexibility index (Phi) is 5.57. The van der Waals surface area contributed by atoms with E-state index in [1.807, 2.05) is 19.1 Å². The molecule has 5 rings (SSSR count). The van der Waals surface area contributed by atoms with E-state index in [1.165, 1.54) is 6.33 Å². The lowest BCUT2D eigenvalue weighted by Crippen LogP contribution is -2.34. The molecular weight excluding hydrogens is 420 g/mol. The first kappa shape index (κ1) is 20.0. The molecule has 0 unspecified atom stereocenters. The lowest BCUT2D eigenvalue weighted by molar-refractivity contribution is 0.164. The van der Waals surface area contributed by atoms with E-state index in [1.54, 1.807) is 12.1 Å². The van der Waals surface area contributed by atoms with Crippen molar-refractivity contribution in [3.05, 3.63) is 35.6 Å². The fraction of sp³-hybridized carbons (Fsp3) is 0.364. The highest BCUT2D eigenvalue weighted by molar-refractivity contribution is 6.34. The third-order valence-electron chi connectivity index (χ3n) is 5.30. The number of piperidine rings is 1. The van der Waals surface area contributed by atoms with Crippen molar-refractivity contribution in [3.8, 4) is 23.0 Å². The highest BCUT2D eigenvalue weighted by Gasteiger charge is 2.23. The van der Waals surface area contributed by atoms with E-state index in [2.05, 4.69) is 20.6 Å². The van der Waals surface area contributed by atoms with Gasteiger partial charge >= 0.3 is 0 Å². The minimum absolute atomic E-state index is 0.107. The predicted octanol–water partition coefficient (Wildman–Crippen LogP) is 4.29. The van der Waals surface area contributed by atoms with Gasteiger partial charge in [0, 0.05) is 12.1 Å². The van der Waals surface area contributed by atoms with Gasteiger partial charge in [-0.3, -0.25) is 0 Å². The van der Waals surface area contributed by atoms with Gasteiger partial charge in [-0.05, 0) is 45.0 Å². The number of anilines is 2. The van der Waals surface area contributed by atoms with Crippen LogP contribution in [0.25, 0.3) is 10.9 Å². The molecule has 9 heteroatoms. The molecule has 2 aliphatic heterocycles. The van der Waals surface area contributed by atoms with Crippen LogP contribution in [0.5, 0.6) is 23.0 Å². The molecule has 1 saturated heterocycles. The molecule has 31 heavy (non-hydrogen) atoms. The molecule has 2 aromatic carbocycles. The largest absolute Gasteiger partial charge is 0.494 e. The highest BCUT2D eigenvalue weighted by Crippen LogP contribution is 2.46. The van der Waals surface area contributed by atoms with Crippen LogP contribution in [-0.4, -0.2) is 42.6 Å². The fourth-order valence-electron chi connectivity index (χ4n) is 3.84. The van der Waals surface area contributed by atoms with Crippen molar-refractivity contribution >= 4 is 34.0 Å². The average molecular weight is 443 g/mol. The van der Waals surface area contributed by atoms with E-state index >= 15 is 0 Å². The van der Waals surface area contributed by atoms with Gasteiger partial charge in [0.2, 0.25) is 6.79 Å². The van der Waals surface area contributed by atoms with Crippen molar-refractivity contribution in [2.45, 2.75) is 25.9 Å². The van der Waals surface area contributed by atoms with Gasteiger partial charge in [0.05, 0.1) is 22.5 Å². The lowest BCUT2D eigenvalue weighted by atomic mass is 10.1. The molecule has 1 fully saturated rings. The maximum absolute atomic E-state index is 6.47. The SMILES string of the molecule is CCOc1cc(OC2CCNCC2)c2c(Nc3c(Cl)ccc4c3OCO4)ncnc2c1. The minimum atomic E-state index is 0.107. The zero-order valence-electron chi connectivity index (χ0n) is 17.1. The van der Waals surface area contributed by atoms with Crippen molar-refractivity contribution in [3.63, 3.8) is 0 Å². The zero-order valence-corrected chi connectivity index (χ0v) is 17.9. The van der Waals surface area contributed by atoms with Crippen molar-refractivity contribution in [1.29, 1.82) is 0 Å². The predicted molar refractivity (Wildman–Crippen MR) is 118 cm³/mol. The summed E-state index contributed by atoms with van der Waals surface area (Å²) in [6, 6.07) is 7.34. The summed E-state index contributed by atoms with van der Waals surface area (Å²) in [6.45, 7) is 4.51. The van der Waals surface area contributed by atoms with Crippen LogP contribution in [-0.2, 0) is 0 Å². The molecule has 162 valence electrons. The molecule has 0 spiro atoms. The Bertz CT molecular complexity index is 1100. The van der Waals surface area contributed by atoms with Gasteiger partial charge in [-0.25, -0.2) is 9.97 Å². The van der Waals surface area contributed by atoms with Crippen LogP contribution in [0.1, 0.15) is 19.8 Å². The molecule has 0 aliphatic carbocycles. The molecule has 1 aromatic heterocycles. The molecule has 0 radical (unpaired) electrons. The van der Waals surface area contributed by atoms with Gasteiger partial charge in [0.15, 0.2) is 11.5 Å². The Morgan fingerprint density at radius 3 is 2.90 bits per heavy atom. The number of hydrogen-bond acceptors (Lipinski definition) is 8. The summed E-state index contributed by atoms with van der Waals surface area (Å²) < 4.78 is 23.3. The van der Waals surface area contributed by atoms with E-state index in [0.717, 1.165) is 31.3 Å². The summed E-state index contributed by atoms with van der Waals surface area (Å²) in [5, 5.41) is 7.95. The highest BCUT2D eigenvalue weighted by atomic mass is 35.5. The summed E-state index contributed by atoms with van der Waals surface area (Å²) in [6.07, 6.45) is 3.47.